The van der Waals surface area contributed by atoms with Gasteiger partial charge in [0.1, 0.15) is 12.2 Å². The number of likely N-dealkylation sites (tertiary alicyclic amines) is 1. The number of anilines is 1. The standard InChI is InChI=1S/C27H24N4O3.C7H7N5O/c1-2-22-13-21-8-6-7-20(26(21)27(34)31(22)23-9-4-3-5-10-23)12-11-19-14-28-30(15-19)24-16-29(17-24)25(33)18-32;8-5-4(6(9)13)7-10-2-1-3-12(7)11-5/h3-10,13-15,24,32H,2,16-18H2,1H3;1-3H,(H2,8,11)(H2,9,13). The Morgan fingerprint density at radius 2 is 1.85 bits per heavy atom. The number of nitrogen functional groups attached to an aromatic ring is 1. The summed E-state index contributed by atoms with van der Waals surface area (Å²) >= 11 is 0. The Hall–Kier alpha value is -6.26. The third-order valence-corrected chi connectivity index (χ3v) is 7.84. The number of pyridine rings is 1. The number of para-hydroxylation sites is 1. The van der Waals surface area contributed by atoms with Crippen molar-refractivity contribution in [2.45, 2.75) is 19.4 Å². The first-order valence-electron chi connectivity index (χ1n) is 14.9. The second kappa shape index (κ2) is 13.0. The molecule has 5 N–H and O–H groups in total. The lowest BCUT2D eigenvalue weighted by Gasteiger charge is -2.38. The van der Waals surface area contributed by atoms with Gasteiger partial charge in [0.2, 0.25) is 5.91 Å². The number of rotatable bonds is 5. The number of hydrogen-bond donors (Lipinski definition) is 3. The molecule has 6 aromatic rings. The molecule has 2 amide bonds. The molecule has 13 heteroatoms. The summed E-state index contributed by atoms with van der Waals surface area (Å²) in [5.74, 6) is 5.52. The molecule has 1 saturated heterocycles. The predicted molar refractivity (Wildman–Crippen MR) is 176 cm³/mol. The van der Waals surface area contributed by atoms with Crippen molar-refractivity contribution in [3.05, 3.63) is 118 Å². The lowest BCUT2D eigenvalue weighted by atomic mass is 10.0. The summed E-state index contributed by atoms with van der Waals surface area (Å²) in [6.45, 7) is 2.62. The predicted octanol–water partition coefficient (Wildman–Crippen LogP) is 1.94. The molecule has 0 atom stereocenters. The van der Waals surface area contributed by atoms with E-state index >= 15 is 0 Å². The number of carbonyl (C=O) groups excluding carboxylic acids is 2. The fourth-order valence-corrected chi connectivity index (χ4v) is 5.45. The number of hydrogen-bond acceptors (Lipinski definition) is 8. The molecule has 7 rings (SSSR count). The van der Waals surface area contributed by atoms with Gasteiger partial charge in [-0.1, -0.05) is 49.1 Å². The van der Waals surface area contributed by atoms with Crippen molar-refractivity contribution in [2.75, 3.05) is 25.4 Å². The number of nitrogens with two attached hydrogens (primary N) is 2. The third kappa shape index (κ3) is 6.05. The quantitative estimate of drug-likeness (QED) is 0.242. The van der Waals surface area contributed by atoms with Crippen molar-refractivity contribution in [3.8, 4) is 17.5 Å². The Balaban J connectivity index is 0.000000248. The molecule has 0 unspecified atom stereocenters. The number of amides is 2. The molecule has 0 saturated carbocycles. The molecule has 1 aliphatic rings. The Bertz CT molecular complexity index is 2240. The van der Waals surface area contributed by atoms with Crippen LogP contribution in [0, 0.1) is 11.8 Å². The van der Waals surface area contributed by atoms with Crippen LogP contribution in [0.4, 0.5) is 5.82 Å². The van der Waals surface area contributed by atoms with Crippen LogP contribution in [0.2, 0.25) is 0 Å². The summed E-state index contributed by atoms with van der Waals surface area (Å²) in [4.78, 5) is 41.6. The highest BCUT2D eigenvalue weighted by Gasteiger charge is 2.31. The monoisotopic (exact) mass is 629 g/mol. The van der Waals surface area contributed by atoms with E-state index in [1.807, 2.05) is 61.7 Å². The first kappa shape index (κ1) is 30.8. The second-order valence-electron chi connectivity index (χ2n) is 10.8. The number of carbonyl (C=O) groups is 2. The summed E-state index contributed by atoms with van der Waals surface area (Å²) in [7, 11) is 0. The van der Waals surface area contributed by atoms with E-state index < -0.39 is 12.5 Å². The molecule has 1 aliphatic heterocycles. The molecule has 47 heavy (non-hydrogen) atoms. The Morgan fingerprint density at radius 1 is 1.06 bits per heavy atom. The maximum atomic E-state index is 13.6. The van der Waals surface area contributed by atoms with Crippen LogP contribution in [-0.2, 0) is 11.2 Å². The maximum absolute atomic E-state index is 13.6. The second-order valence-corrected chi connectivity index (χ2v) is 10.8. The zero-order chi connectivity index (χ0) is 33.1. The van der Waals surface area contributed by atoms with Crippen molar-refractivity contribution >= 4 is 34.1 Å². The summed E-state index contributed by atoms with van der Waals surface area (Å²) in [6, 6.07) is 19.2. The molecule has 0 bridgehead atoms. The van der Waals surface area contributed by atoms with Crippen molar-refractivity contribution in [2.24, 2.45) is 5.73 Å². The van der Waals surface area contributed by atoms with Gasteiger partial charge in [0.15, 0.2) is 11.5 Å². The number of aliphatic hydroxyl groups excluding tert-OH is 1. The van der Waals surface area contributed by atoms with Crippen LogP contribution in [0.1, 0.15) is 40.1 Å². The van der Waals surface area contributed by atoms with Gasteiger partial charge >= 0.3 is 0 Å². The third-order valence-electron chi connectivity index (χ3n) is 7.84. The van der Waals surface area contributed by atoms with Crippen LogP contribution in [-0.4, -0.2) is 70.5 Å². The lowest BCUT2D eigenvalue weighted by molar-refractivity contribution is -0.140. The first-order chi connectivity index (χ1) is 22.8. The van der Waals surface area contributed by atoms with E-state index in [1.54, 1.807) is 38.8 Å². The van der Waals surface area contributed by atoms with Crippen molar-refractivity contribution in [3.63, 3.8) is 0 Å². The lowest BCUT2D eigenvalue weighted by Crippen LogP contribution is -2.51. The van der Waals surface area contributed by atoms with E-state index in [0.29, 0.717) is 29.7 Å². The topological polar surface area (TPSA) is 180 Å². The van der Waals surface area contributed by atoms with Gasteiger partial charge in [0.05, 0.1) is 23.2 Å². The van der Waals surface area contributed by atoms with Crippen LogP contribution in [0.15, 0.2) is 90.2 Å². The van der Waals surface area contributed by atoms with Crippen LogP contribution < -0.4 is 17.0 Å². The van der Waals surface area contributed by atoms with E-state index in [0.717, 1.165) is 28.8 Å². The Morgan fingerprint density at radius 3 is 2.57 bits per heavy atom. The minimum Gasteiger partial charge on any atom is -0.387 e. The number of fused-ring (bicyclic) bond motifs is 2. The highest BCUT2D eigenvalue weighted by molar-refractivity contribution is 6.03. The van der Waals surface area contributed by atoms with E-state index in [9.17, 15) is 14.4 Å². The fourth-order valence-electron chi connectivity index (χ4n) is 5.45. The Labute approximate surface area is 268 Å². The maximum Gasteiger partial charge on any atom is 0.264 e. The van der Waals surface area contributed by atoms with Gasteiger partial charge in [-0.2, -0.15) is 5.10 Å². The molecule has 236 valence electrons. The minimum absolute atomic E-state index is 0.0779. The molecule has 5 heterocycles. The SMILES string of the molecule is CCc1cc2cccc(C#Cc3cnn(C4CN(C(=O)CO)C4)c3)c2c(=O)n1-c1ccccc1.NC(=O)c1c(N)nn2cccnc12. The zero-order valence-electron chi connectivity index (χ0n) is 25.4. The fraction of sp³-hybridized carbons (Fsp3) is 0.176. The van der Waals surface area contributed by atoms with Gasteiger partial charge in [-0.15, -0.1) is 5.10 Å². The summed E-state index contributed by atoms with van der Waals surface area (Å²) in [5.41, 5.74) is 14.3. The Kier molecular flexibility index (Phi) is 8.50. The molecule has 0 radical (unpaired) electrons. The van der Waals surface area contributed by atoms with Gasteiger partial charge in [-0.25, -0.2) is 9.50 Å². The summed E-state index contributed by atoms with van der Waals surface area (Å²) < 4.78 is 4.97. The van der Waals surface area contributed by atoms with Crippen molar-refractivity contribution in [1.82, 2.24) is 33.8 Å². The van der Waals surface area contributed by atoms with Gasteiger partial charge in [0, 0.05) is 48.6 Å². The molecule has 4 aromatic heterocycles. The van der Waals surface area contributed by atoms with Gasteiger partial charge in [-0.3, -0.25) is 23.6 Å². The van der Waals surface area contributed by atoms with E-state index in [1.165, 1.54) is 4.52 Å². The summed E-state index contributed by atoms with van der Waals surface area (Å²) in [6.07, 6.45) is 7.46. The average molecular weight is 630 g/mol. The molecular weight excluding hydrogens is 598 g/mol. The highest BCUT2D eigenvalue weighted by Crippen LogP contribution is 2.22. The minimum atomic E-state index is -0.619. The average Bonchev–Trinajstić information content (AvgIpc) is 3.66. The molecular formula is C34H31N9O4. The van der Waals surface area contributed by atoms with Crippen LogP contribution in [0.3, 0.4) is 0 Å². The number of primary amides is 1. The highest BCUT2D eigenvalue weighted by atomic mass is 16.3. The number of aliphatic hydroxyl groups is 1. The van der Waals surface area contributed by atoms with E-state index in [2.05, 4.69) is 33.1 Å². The van der Waals surface area contributed by atoms with Crippen LogP contribution >= 0.6 is 0 Å². The van der Waals surface area contributed by atoms with Crippen LogP contribution in [0.25, 0.3) is 22.1 Å². The molecule has 1 fully saturated rings. The zero-order valence-corrected chi connectivity index (χ0v) is 25.4. The van der Waals surface area contributed by atoms with E-state index in [-0.39, 0.29) is 28.9 Å². The normalized spacial score (nSPS) is 12.6. The number of aromatic nitrogens is 6. The van der Waals surface area contributed by atoms with Crippen molar-refractivity contribution < 1.29 is 14.7 Å². The smallest absolute Gasteiger partial charge is 0.264 e. The van der Waals surface area contributed by atoms with Crippen molar-refractivity contribution in [1.29, 1.82) is 0 Å². The number of benzene rings is 2. The summed E-state index contributed by atoms with van der Waals surface area (Å²) in [5, 5.41) is 18.7. The van der Waals surface area contributed by atoms with Gasteiger partial charge in [0.25, 0.3) is 11.5 Å². The van der Waals surface area contributed by atoms with E-state index in [4.69, 9.17) is 16.6 Å². The van der Waals surface area contributed by atoms with Gasteiger partial charge in [-0.05, 0) is 42.1 Å². The molecule has 0 aliphatic carbocycles. The molecule has 2 aromatic carbocycles. The largest absolute Gasteiger partial charge is 0.387 e. The molecule has 13 nitrogen and oxygen atoms in total. The molecule has 0 spiro atoms. The number of aryl methyl sites for hydroxylation is 1. The number of nitrogens with zero attached hydrogens (tertiary/aromatic N) is 7. The van der Waals surface area contributed by atoms with Gasteiger partial charge < -0.3 is 21.5 Å². The van der Waals surface area contributed by atoms with Crippen LogP contribution in [0.5, 0.6) is 0 Å². The first-order valence-corrected chi connectivity index (χ1v) is 14.9.